The van der Waals surface area contributed by atoms with Gasteiger partial charge in [0.1, 0.15) is 11.6 Å². The van der Waals surface area contributed by atoms with Crippen molar-refractivity contribution in [2.45, 2.75) is 0 Å². The number of hydrogen-bond donors (Lipinski definition) is 1. The molecule has 4 rings (SSSR count). The number of fused-ring (bicyclic) bond motifs is 1. The van der Waals surface area contributed by atoms with Crippen LogP contribution in [0.5, 0.6) is 0 Å². The quantitative estimate of drug-likeness (QED) is 0.302. The van der Waals surface area contributed by atoms with Crippen molar-refractivity contribution in [3.05, 3.63) is 83.9 Å². The summed E-state index contributed by atoms with van der Waals surface area (Å²) in [4.78, 5) is 15.5. The van der Waals surface area contributed by atoms with Gasteiger partial charge in [-0.1, -0.05) is 60.7 Å². The van der Waals surface area contributed by atoms with Crippen molar-refractivity contribution in [1.29, 1.82) is 5.26 Å². The monoisotopic (exact) mass is 424 g/mol. The Morgan fingerprint density at radius 1 is 0.903 bits per heavy atom. The van der Waals surface area contributed by atoms with Crippen LogP contribution in [0.3, 0.4) is 0 Å². The molecule has 3 aromatic carbocycles. The molecular formula is C26H20N2O2S. The minimum atomic E-state index is -1.22. The molecule has 1 aromatic heterocycles. The lowest BCUT2D eigenvalue weighted by molar-refractivity contribution is -0.132. The van der Waals surface area contributed by atoms with Crippen LogP contribution in [-0.4, -0.2) is 25.2 Å². The molecule has 5 heteroatoms. The highest BCUT2D eigenvalue weighted by Crippen LogP contribution is 2.44. The number of aliphatic carboxylic acids is 1. The van der Waals surface area contributed by atoms with Gasteiger partial charge in [-0.15, -0.1) is 11.3 Å². The maximum absolute atomic E-state index is 11.1. The highest BCUT2D eigenvalue weighted by atomic mass is 32.1. The van der Waals surface area contributed by atoms with Crippen molar-refractivity contribution >= 4 is 39.8 Å². The lowest BCUT2D eigenvalue weighted by Gasteiger charge is -2.12. The summed E-state index contributed by atoms with van der Waals surface area (Å²) in [6.07, 6.45) is 1.39. The van der Waals surface area contributed by atoms with E-state index in [1.54, 1.807) is 17.4 Å². The number of carbonyl (C=O) groups is 1. The maximum Gasteiger partial charge on any atom is 0.346 e. The molecule has 0 aliphatic rings. The van der Waals surface area contributed by atoms with Crippen LogP contribution >= 0.6 is 11.3 Å². The van der Waals surface area contributed by atoms with Crippen LogP contribution in [0, 0.1) is 11.3 Å². The van der Waals surface area contributed by atoms with Crippen molar-refractivity contribution in [2.75, 3.05) is 19.0 Å². The van der Waals surface area contributed by atoms with Gasteiger partial charge in [0.05, 0.1) is 0 Å². The molecule has 0 unspecified atom stereocenters. The van der Waals surface area contributed by atoms with E-state index in [0.717, 1.165) is 16.1 Å². The smallest absolute Gasteiger partial charge is 0.346 e. The van der Waals surface area contributed by atoms with Crippen LogP contribution in [0.15, 0.2) is 78.4 Å². The summed E-state index contributed by atoms with van der Waals surface area (Å²) < 4.78 is 0. The van der Waals surface area contributed by atoms with Crippen molar-refractivity contribution in [1.82, 2.24) is 0 Å². The molecule has 152 valence electrons. The number of nitrogens with zero attached hydrogens (tertiary/aromatic N) is 2. The van der Waals surface area contributed by atoms with Crippen LogP contribution in [0.4, 0.5) is 5.69 Å². The van der Waals surface area contributed by atoms with E-state index >= 15 is 0 Å². The van der Waals surface area contributed by atoms with Crippen molar-refractivity contribution < 1.29 is 9.90 Å². The zero-order valence-electron chi connectivity index (χ0n) is 17.2. The SMILES string of the molecule is CN(C)c1ccc(-c2sc(-c3ccc(/C=C(\C#N)C(=O)O)cc3)c3ccccc23)cc1. The molecule has 1 heterocycles. The number of nitriles is 1. The Balaban J connectivity index is 1.77. The van der Waals surface area contributed by atoms with E-state index < -0.39 is 5.97 Å². The van der Waals surface area contributed by atoms with Gasteiger partial charge in [-0.2, -0.15) is 5.26 Å². The number of hydrogen-bond acceptors (Lipinski definition) is 4. The molecule has 0 aliphatic heterocycles. The highest BCUT2D eigenvalue weighted by molar-refractivity contribution is 7.21. The molecule has 4 aromatic rings. The second kappa shape index (κ2) is 8.47. The summed E-state index contributed by atoms with van der Waals surface area (Å²) >= 11 is 1.75. The molecule has 0 aliphatic carbocycles. The number of anilines is 1. The number of benzene rings is 3. The molecule has 0 spiro atoms. The Bertz CT molecular complexity index is 1320. The Hall–Kier alpha value is -3.88. The maximum atomic E-state index is 11.1. The number of carboxylic acids is 1. The summed E-state index contributed by atoms with van der Waals surface area (Å²) in [5, 5.41) is 20.4. The fraction of sp³-hybridized carbons (Fsp3) is 0.0769. The number of carboxylic acid groups (broad SMARTS) is 1. The number of rotatable bonds is 5. The van der Waals surface area contributed by atoms with Crippen LogP contribution in [-0.2, 0) is 4.79 Å². The highest BCUT2D eigenvalue weighted by Gasteiger charge is 2.14. The van der Waals surface area contributed by atoms with Crippen LogP contribution < -0.4 is 4.90 Å². The topological polar surface area (TPSA) is 64.3 Å². The fourth-order valence-corrected chi connectivity index (χ4v) is 4.76. The van der Waals surface area contributed by atoms with Gasteiger partial charge in [0.2, 0.25) is 0 Å². The van der Waals surface area contributed by atoms with Crippen LogP contribution in [0.1, 0.15) is 5.56 Å². The van der Waals surface area contributed by atoms with E-state index in [2.05, 4.69) is 47.4 Å². The third kappa shape index (κ3) is 4.07. The van der Waals surface area contributed by atoms with Gasteiger partial charge >= 0.3 is 5.97 Å². The average molecular weight is 425 g/mol. The fourth-order valence-electron chi connectivity index (χ4n) is 3.47. The molecule has 31 heavy (non-hydrogen) atoms. The summed E-state index contributed by atoms with van der Waals surface area (Å²) in [6.45, 7) is 0. The van der Waals surface area contributed by atoms with Gasteiger partial charge < -0.3 is 10.0 Å². The third-order valence-electron chi connectivity index (χ3n) is 5.10. The third-order valence-corrected chi connectivity index (χ3v) is 6.42. The van der Waals surface area contributed by atoms with Crippen molar-refractivity contribution in [3.8, 4) is 27.0 Å². The summed E-state index contributed by atoms with van der Waals surface area (Å²) in [6, 6.07) is 26.3. The molecule has 0 radical (unpaired) electrons. The Morgan fingerprint density at radius 3 is 1.87 bits per heavy atom. The zero-order valence-corrected chi connectivity index (χ0v) is 18.0. The van der Waals surface area contributed by atoms with Gasteiger partial charge in [0, 0.05) is 40.3 Å². The number of thiophene rings is 1. The second-order valence-corrected chi connectivity index (χ2v) is 8.36. The zero-order chi connectivity index (χ0) is 22.0. The lowest BCUT2D eigenvalue weighted by atomic mass is 10.0. The molecule has 4 nitrogen and oxygen atoms in total. The Morgan fingerprint density at radius 2 is 1.42 bits per heavy atom. The van der Waals surface area contributed by atoms with Crippen molar-refractivity contribution in [2.24, 2.45) is 0 Å². The van der Waals surface area contributed by atoms with Gasteiger partial charge in [0.25, 0.3) is 0 Å². The normalized spacial score (nSPS) is 11.3. The summed E-state index contributed by atoms with van der Waals surface area (Å²) in [5.41, 5.74) is 3.80. The van der Waals surface area contributed by atoms with E-state index in [0.29, 0.717) is 5.56 Å². The van der Waals surface area contributed by atoms with E-state index in [1.165, 1.54) is 27.3 Å². The van der Waals surface area contributed by atoms with Gasteiger partial charge in [0.15, 0.2) is 0 Å². The van der Waals surface area contributed by atoms with Gasteiger partial charge in [-0.3, -0.25) is 0 Å². The van der Waals surface area contributed by atoms with E-state index in [-0.39, 0.29) is 5.57 Å². The standard InChI is InChI=1S/C26H20N2O2S/c1-28(2)21-13-11-19(12-14-21)25-23-6-4-3-5-22(23)24(31-25)18-9-7-17(8-10-18)15-20(16-27)26(29)30/h3-15H,1-2H3,(H,29,30)/b20-15+. The second-order valence-electron chi connectivity index (χ2n) is 7.34. The first-order valence-electron chi connectivity index (χ1n) is 9.73. The summed E-state index contributed by atoms with van der Waals surface area (Å²) in [5.74, 6) is -1.22. The molecule has 0 atom stereocenters. The molecule has 0 saturated heterocycles. The Kier molecular flexibility index (Phi) is 5.57. The van der Waals surface area contributed by atoms with Gasteiger partial charge in [-0.25, -0.2) is 4.79 Å². The first-order chi connectivity index (χ1) is 15.0. The first-order valence-corrected chi connectivity index (χ1v) is 10.5. The Labute approximate surface area is 184 Å². The predicted molar refractivity (Wildman–Crippen MR) is 128 cm³/mol. The largest absolute Gasteiger partial charge is 0.477 e. The predicted octanol–water partition coefficient (Wildman–Crippen LogP) is 6.29. The summed E-state index contributed by atoms with van der Waals surface area (Å²) in [7, 11) is 4.06. The minimum Gasteiger partial charge on any atom is -0.477 e. The molecule has 0 saturated carbocycles. The molecular weight excluding hydrogens is 404 g/mol. The van der Waals surface area contributed by atoms with Crippen LogP contribution in [0.25, 0.3) is 37.7 Å². The molecule has 1 N–H and O–H groups in total. The molecule has 0 amide bonds. The lowest BCUT2D eigenvalue weighted by Crippen LogP contribution is -2.07. The molecule has 0 bridgehead atoms. The average Bonchev–Trinajstić information content (AvgIpc) is 3.17. The molecule has 0 fully saturated rings. The van der Waals surface area contributed by atoms with Gasteiger partial charge in [-0.05, 0) is 34.9 Å². The van der Waals surface area contributed by atoms with E-state index in [9.17, 15) is 4.79 Å². The van der Waals surface area contributed by atoms with Crippen LogP contribution in [0.2, 0.25) is 0 Å². The van der Waals surface area contributed by atoms with E-state index in [1.807, 2.05) is 44.4 Å². The van der Waals surface area contributed by atoms with E-state index in [4.69, 9.17) is 10.4 Å². The van der Waals surface area contributed by atoms with Crippen molar-refractivity contribution in [3.63, 3.8) is 0 Å². The minimum absolute atomic E-state index is 0.280. The first kappa shape index (κ1) is 20.4.